The van der Waals surface area contributed by atoms with Gasteiger partial charge in [0.15, 0.2) is 0 Å². The Balaban J connectivity index is 0. The van der Waals surface area contributed by atoms with Crippen molar-refractivity contribution in [3.63, 3.8) is 0 Å². The Kier molecular flexibility index (Phi) is 21.6. The molecule has 6 heteroatoms. The zero-order valence-electron chi connectivity index (χ0n) is 19.4. The van der Waals surface area contributed by atoms with E-state index in [2.05, 4.69) is 37.2 Å². The van der Waals surface area contributed by atoms with Gasteiger partial charge in [-0.2, -0.15) is 8.42 Å². The highest BCUT2D eigenvalue weighted by Crippen LogP contribution is 2.12. The molecule has 2 N–H and O–H groups in total. The van der Waals surface area contributed by atoms with E-state index in [0.29, 0.717) is 0 Å². The molecule has 0 aromatic rings. The fourth-order valence-electron chi connectivity index (χ4n) is 2.93. The minimum Gasteiger partial charge on any atom is -0.312 e. The van der Waals surface area contributed by atoms with E-state index in [4.69, 9.17) is 4.55 Å². The second-order valence-corrected chi connectivity index (χ2v) is 9.70. The molecule has 0 aliphatic rings. The van der Waals surface area contributed by atoms with Gasteiger partial charge in [-0.3, -0.25) is 4.55 Å². The maximum Gasteiger partial charge on any atom is 0.397 e. The lowest BCUT2D eigenvalue weighted by Crippen LogP contribution is -2.36. The Hall–Kier alpha value is -0.170. The highest BCUT2D eigenvalue weighted by atomic mass is 32.3. The summed E-state index contributed by atoms with van der Waals surface area (Å²) in [4.78, 5) is 0. The molecular weight excluding hydrogens is 374 g/mol. The summed E-state index contributed by atoms with van der Waals surface area (Å²) in [6.07, 6.45) is 20.2. The highest BCUT2D eigenvalue weighted by Gasteiger charge is 2.06. The first-order valence-corrected chi connectivity index (χ1v) is 12.9. The Morgan fingerprint density at radius 2 is 1.07 bits per heavy atom. The van der Waals surface area contributed by atoms with E-state index >= 15 is 0 Å². The molecule has 0 aliphatic carbocycles. The zero-order valence-corrected chi connectivity index (χ0v) is 20.2. The van der Waals surface area contributed by atoms with Crippen LogP contribution in [0.4, 0.5) is 0 Å². The van der Waals surface area contributed by atoms with Gasteiger partial charge in [-0.1, -0.05) is 90.4 Å². The highest BCUT2D eigenvalue weighted by molar-refractivity contribution is 7.80. The summed E-state index contributed by atoms with van der Waals surface area (Å²) in [5.41, 5.74) is 0.288. The number of hydrogen-bond acceptors (Lipinski definition) is 4. The van der Waals surface area contributed by atoms with Crippen LogP contribution in [0.25, 0.3) is 0 Å². The van der Waals surface area contributed by atoms with Gasteiger partial charge in [-0.05, 0) is 40.7 Å². The van der Waals surface area contributed by atoms with E-state index in [-0.39, 0.29) is 12.1 Å². The molecule has 0 fully saturated rings. The first-order valence-electron chi connectivity index (χ1n) is 11.5. The van der Waals surface area contributed by atoms with E-state index in [1.807, 2.05) is 0 Å². The summed E-state index contributed by atoms with van der Waals surface area (Å²) in [5.74, 6) is 0. The van der Waals surface area contributed by atoms with Gasteiger partial charge in [0.1, 0.15) is 0 Å². The van der Waals surface area contributed by atoms with Crippen molar-refractivity contribution in [1.82, 2.24) is 5.32 Å². The van der Waals surface area contributed by atoms with Gasteiger partial charge in [-0.15, -0.1) is 0 Å². The van der Waals surface area contributed by atoms with Crippen molar-refractivity contribution < 1.29 is 17.2 Å². The van der Waals surface area contributed by atoms with Crippen molar-refractivity contribution in [1.29, 1.82) is 0 Å². The van der Waals surface area contributed by atoms with Crippen LogP contribution in [-0.4, -0.2) is 31.7 Å². The third-order valence-corrected chi connectivity index (χ3v) is 4.99. The number of unbranched alkanes of at least 4 members (excludes halogenated alkanes) is 13. The molecule has 0 spiro atoms. The van der Waals surface area contributed by atoms with Gasteiger partial charge in [0.05, 0.1) is 6.61 Å². The first kappa shape index (κ1) is 30.0. The third kappa shape index (κ3) is 33.4. The lowest BCUT2D eigenvalue weighted by atomic mass is 10.0. The largest absolute Gasteiger partial charge is 0.397 e. The van der Waals surface area contributed by atoms with Gasteiger partial charge in [-0.25, -0.2) is 4.18 Å². The second kappa shape index (κ2) is 20.1. The van der Waals surface area contributed by atoms with Crippen LogP contribution in [0.2, 0.25) is 0 Å². The SMILES string of the molecule is CCCCCCCCCCCCCCCCNC(C)(C)C.CCOS(=O)(=O)O. The van der Waals surface area contributed by atoms with Crippen LogP contribution in [-0.2, 0) is 14.6 Å². The predicted octanol–water partition coefficient (Wildman–Crippen LogP) is 6.68. The molecule has 0 rings (SSSR count). The van der Waals surface area contributed by atoms with Crippen LogP contribution in [0.15, 0.2) is 0 Å². The molecule has 0 saturated heterocycles. The average Bonchev–Trinajstić information content (AvgIpc) is 2.57. The molecule has 0 aromatic heterocycles. The van der Waals surface area contributed by atoms with Crippen molar-refractivity contribution in [2.75, 3.05) is 13.2 Å². The van der Waals surface area contributed by atoms with Crippen molar-refractivity contribution >= 4 is 10.4 Å². The fourth-order valence-corrected chi connectivity index (χ4v) is 3.23. The van der Waals surface area contributed by atoms with Crippen molar-refractivity contribution in [2.45, 2.75) is 130 Å². The average molecular weight is 424 g/mol. The van der Waals surface area contributed by atoms with Crippen LogP contribution in [0.3, 0.4) is 0 Å². The molecule has 0 atom stereocenters. The molecule has 0 aromatic carbocycles. The molecule has 5 nitrogen and oxygen atoms in total. The summed E-state index contributed by atoms with van der Waals surface area (Å²) >= 11 is 0. The quantitative estimate of drug-likeness (QED) is 0.201. The topological polar surface area (TPSA) is 75.6 Å². The standard InChI is InChI=1S/C20H43N.C2H6O4S/c1-5-6-7-8-9-10-11-12-13-14-15-16-17-18-19-21-20(2,3)4;1-2-6-7(3,4)5/h21H,5-19H2,1-4H3;2H2,1H3,(H,3,4,5). The molecule has 0 bridgehead atoms. The van der Waals surface area contributed by atoms with Crippen molar-refractivity contribution in [3.8, 4) is 0 Å². The summed E-state index contributed by atoms with van der Waals surface area (Å²) in [7, 11) is -4.17. The monoisotopic (exact) mass is 423 g/mol. The Morgan fingerprint density at radius 1 is 0.714 bits per heavy atom. The number of nitrogens with one attached hydrogen (secondary N) is 1. The summed E-state index contributed by atoms with van der Waals surface area (Å²) in [5, 5.41) is 3.57. The maximum atomic E-state index is 9.56. The summed E-state index contributed by atoms with van der Waals surface area (Å²) < 4.78 is 30.7. The lowest BCUT2D eigenvalue weighted by molar-refractivity contribution is 0.283. The zero-order chi connectivity index (χ0) is 21.7. The molecular formula is C22H49NO4S. The minimum atomic E-state index is -4.17. The van der Waals surface area contributed by atoms with E-state index in [0.717, 1.165) is 0 Å². The Bertz CT molecular complexity index is 405. The Morgan fingerprint density at radius 3 is 1.32 bits per heavy atom. The van der Waals surface area contributed by atoms with Crippen LogP contribution >= 0.6 is 0 Å². The molecule has 28 heavy (non-hydrogen) atoms. The predicted molar refractivity (Wildman–Crippen MR) is 121 cm³/mol. The van der Waals surface area contributed by atoms with E-state index in [9.17, 15) is 8.42 Å². The molecule has 0 saturated carbocycles. The summed E-state index contributed by atoms with van der Waals surface area (Å²) in [6.45, 7) is 11.7. The molecule has 0 heterocycles. The Labute approximate surface area is 176 Å². The maximum absolute atomic E-state index is 9.56. The number of rotatable bonds is 17. The molecule has 0 amide bonds. The summed E-state index contributed by atoms with van der Waals surface area (Å²) in [6, 6.07) is 0. The van der Waals surface area contributed by atoms with Crippen LogP contribution < -0.4 is 5.32 Å². The van der Waals surface area contributed by atoms with E-state index < -0.39 is 10.4 Å². The van der Waals surface area contributed by atoms with Crippen LogP contribution in [0, 0.1) is 0 Å². The number of hydrogen-bond donors (Lipinski definition) is 2. The fraction of sp³-hybridized carbons (Fsp3) is 1.00. The van der Waals surface area contributed by atoms with Gasteiger partial charge >= 0.3 is 10.4 Å². The molecule has 0 unspecified atom stereocenters. The van der Waals surface area contributed by atoms with Crippen LogP contribution in [0.5, 0.6) is 0 Å². The van der Waals surface area contributed by atoms with Gasteiger partial charge in [0, 0.05) is 5.54 Å². The molecule has 0 radical (unpaired) electrons. The van der Waals surface area contributed by atoms with E-state index in [1.165, 1.54) is 103 Å². The van der Waals surface area contributed by atoms with Gasteiger partial charge in [0.25, 0.3) is 0 Å². The van der Waals surface area contributed by atoms with Crippen molar-refractivity contribution in [3.05, 3.63) is 0 Å². The smallest absolute Gasteiger partial charge is 0.312 e. The van der Waals surface area contributed by atoms with Crippen LogP contribution in [0.1, 0.15) is 125 Å². The molecule has 0 aliphatic heterocycles. The van der Waals surface area contributed by atoms with Crippen molar-refractivity contribution in [2.24, 2.45) is 0 Å². The molecule has 172 valence electrons. The van der Waals surface area contributed by atoms with Gasteiger partial charge in [0.2, 0.25) is 0 Å². The first-order chi connectivity index (χ1) is 13.1. The van der Waals surface area contributed by atoms with Gasteiger partial charge < -0.3 is 5.32 Å². The van der Waals surface area contributed by atoms with E-state index in [1.54, 1.807) is 0 Å². The third-order valence-electron chi connectivity index (χ3n) is 4.45. The second-order valence-electron chi connectivity index (χ2n) is 8.61. The minimum absolute atomic E-state index is 0.0289. The lowest BCUT2D eigenvalue weighted by Gasteiger charge is -2.20. The normalized spacial score (nSPS) is 11.9.